The number of nitrogens with one attached hydrogen (secondary N) is 1. The van der Waals surface area contributed by atoms with Gasteiger partial charge in [-0.3, -0.25) is 4.79 Å². The second-order valence-electron chi connectivity index (χ2n) is 5.67. The lowest BCUT2D eigenvalue weighted by Crippen LogP contribution is -2.42. The first-order valence-electron chi connectivity index (χ1n) is 7.07. The topological polar surface area (TPSA) is 32.3 Å². The smallest absolute Gasteiger partial charge is 0.257 e. The normalized spacial score (nSPS) is 24.4. The monoisotopic (exact) mass is 316 g/mol. The number of rotatable bonds is 1. The van der Waals surface area contributed by atoms with Crippen molar-refractivity contribution >= 4 is 18.3 Å². The Kier molecular flexibility index (Phi) is 4.84. The maximum absolute atomic E-state index is 13.9. The molecule has 0 spiro atoms. The predicted molar refractivity (Wildman–Crippen MR) is 78.8 cm³/mol. The summed E-state index contributed by atoms with van der Waals surface area (Å²) in [4.78, 5) is 14.4. The van der Waals surface area contributed by atoms with E-state index in [1.807, 2.05) is 0 Å². The fourth-order valence-corrected chi connectivity index (χ4v) is 3.27. The lowest BCUT2D eigenvalue weighted by molar-refractivity contribution is 0.0675. The first-order chi connectivity index (χ1) is 9.58. The molecule has 2 saturated heterocycles. The molecule has 2 aliphatic heterocycles. The highest BCUT2D eigenvalue weighted by Crippen LogP contribution is 2.30. The molecule has 0 aromatic heterocycles. The molecule has 1 aromatic carbocycles. The number of hydrogen-bond donors (Lipinski definition) is 1. The average molecular weight is 317 g/mol. The minimum Gasteiger partial charge on any atom is -0.331 e. The summed E-state index contributed by atoms with van der Waals surface area (Å²) < 4.78 is 27.2. The van der Waals surface area contributed by atoms with E-state index < -0.39 is 11.6 Å². The first-order valence-corrected chi connectivity index (χ1v) is 7.07. The number of halogens is 3. The van der Waals surface area contributed by atoms with Crippen molar-refractivity contribution in [3.8, 4) is 0 Å². The van der Waals surface area contributed by atoms with Crippen molar-refractivity contribution in [2.24, 2.45) is 0 Å². The van der Waals surface area contributed by atoms with E-state index in [1.54, 1.807) is 11.8 Å². The van der Waals surface area contributed by atoms with Crippen molar-refractivity contribution in [1.29, 1.82) is 0 Å². The molecule has 2 bridgehead atoms. The average Bonchev–Trinajstić information content (AvgIpc) is 2.66. The van der Waals surface area contributed by atoms with Gasteiger partial charge in [0.2, 0.25) is 0 Å². The first kappa shape index (κ1) is 16.2. The second kappa shape index (κ2) is 6.28. The highest BCUT2D eigenvalue weighted by Gasteiger charge is 2.39. The van der Waals surface area contributed by atoms with Crippen LogP contribution in [0.1, 0.15) is 35.2 Å². The van der Waals surface area contributed by atoms with E-state index in [9.17, 15) is 13.6 Å². The van der Waals surface area contributed by atoms with Gasteiger partial charge < -0.3 is 10.2 Å². The van der Waals surface area contributed by atoms with Gasteiger partial charge in [0.05, 0.1) is 5.56 Å². The van der Waals surface area contributed by atoms with E-state index in [2.05, 4.69) is 5.32 Å². The Balaban J connectivity index is 0.00000161. The third kappa shape index (κ3) is 2.90. The zero-order valence-corrected chi connectivity index (χ0v) is 12.7. The molecule has 1 N–H and O–H groups in total. The largest absolute Gasteiger partial charge is 0.331 e. The molecule has 0 radical (unpaired) electrons. The molecule has 0 aliphatic carbocycles. The number of benzene rings is 1. The highest BCUT2D eigenvalue weighted by atomic mass is 35.5. The van der Waals surface area contributed by atoms with Crippen molar-refractivity contribution in [1.82, 2.24) is 10.2 Å². The summed E-state index contributed by atoms with van der Waals surface area (Å²) >= 11 is 0. The van der Waals surface area contributed by atoms with E-state index >= 15 is 0 Å². The van der Waals surface area contributed by atoms with Gasteiger partial charge in [0.15, 0.2) is 0 Å². The van der Waals surface area contributed by atoms with Crippen LogP contribution >= 0.6 is 12.4 Å². The quantitative estimate of drug-likeness (QED) is 0.864. The summed E-state index contributed by atoms with van der Waals surface area (Å²) in [5.41, 5.74) is 0.290. The number of nitrogens with zero attached hydrogens (tertiary/aromatic N) is 1. The summed E-state index contributed by atoms with van der Waals surface area (Å²) in [6.45, 7) is 3.18. The van der Waals surface area contributed by atoms with Crippen LogP contribution in [-0.4, -0.2) is 36.0 Å². The van der Waals surface area contributed by atoms with Gasteiger partial charge in [-0.05, 0) is 44.4 Å². The van der Waals surface area contributed by atoms with Crippen LogP contribution in [0.4, 0.5) is 8.78 Å². The molecule has 116 valence electrons. The van der Waals surface area contributed by atoms with Crippen LogP contribution in [0.25, 0.3) is 0 Å². The molecular weight excluding hydrogens is 298 g/mol. The minimum absolute atomic E-state index is 0. The van der Waals surface area contributed by atoms with Crippen LogP contribution in [0.5, 0.6) is 0 Å². The van der Waals surface area contributed by atoms with Gasteiger partial charge in [-0.1, -0.05) is 0 Å². The van der Waals surface area contributed by atoms with Gasteiger partial charge >= 0.3 is 0 Å². The Bertz CT molecular complexity index is 539. The van der Waals surface area contributed by atoms with Gasteiger partial charge in [-0.25, -0.2) is 8.78 Å². The number of hydrogen-bond acceptors (Lipinski definition) is 2. The molecular formula is C15H19ClF2N2O. The number of aryl methyl sites for hydroxylation is 1. The molecule has 2 atom stereocenters. The van der Waals surface area contributed by atoms with Crippen LogP contribution in [0, 0.1) is 18.6 Å². The van der Waals surface area contributed by atoms with Gasteiger partial charge in [-0.15, -0.1) is 12.4 Å². The molecule has 2 unspecified atom stereocenters. The standard InChI is InChI=1S/C15H18F2N2O.ClH/c1-9-6-12(14(17)7-13(9)16)15(20)19-10-2-3-11(19)8-18-5-4-10;/h6-7,10-11,18H,2-5,8H2,1H3;1H. The van der Waals surface area contributed by atoms with E-state index in [-0.39, 0.29) is 36.0 Å². The fraction of sp³-hybridized carbons (Fsp3) is 0.533. The van der Waals surface area contributed by atoms with Crippen LogP contribution < -0.4 is 5.32 Å². The van der Waals surface area contributed by atoms with Crippen LogP contribution in [0.2, 0.25) is 0 Å². The molecule has 21 heavy (non-hydrogen) atoms. The van der Waals surface area contributed by atoms with Gasteiger partial charge in [0.25, 0.3) is 5.91 Å². The van der Waals surface area contributed by atoms with E-state index in [0.717, 1.165) is 38.4 Å². The molecule has 2 aliphatic rings. The third-order valence-corrected chi connectivity index (χ3v) is 4.37. The van der Waals surface area contributed by atoms with E-state index in [1.165, 1.54) is 6.07 Å². The SMILES string of the molecule is Cc1cc(C(=O)N2C3CCNCC2CC3)c(F)cc1F.Cl. The number of carbonyl (C=O) groups is 1. The van der Waals surface area contributed by atoms with Gasteiger partial charge in [0.1, 0.15) is 11.6 Å². The number of fused-ring (bicyclic) bond motifs is 2. The predicted octanol–water partition coefficient (Wildman–Crippen LogP) is 2.66. The van der Waals surface area contributed by atoms with Crippen molar-refractivity contribution in [3.63, 3.8) is 0 Å². The Morgan fingerprint density at radius 3 is 2.67 bits per heavy atom. The van der Waals surface area contributed by atoms with E-state index in [4.69, 9.17) is 0 Å². The molecule has 6 heteroatoms. The van der Waals surface area contributed by atoms with E-state index in [0.29, 0.717) is 5.56 Å². The molecule has 3 nitrogen and oxygen atoms in total. The Labute approximate surface area is 129 Å². The lowest BCUT2D eigenvalue weighted by Gasteiger charge is -2.28. The summed E-state index contributed by atoms with van der Waals surface area (Å²) in [6.07, 6.45) is 2.81. The molecule has 0 saturated carbocycles. The maximum atomic E-state index is 13.9. The Hall–Kier alpha value is -1.20. The summed E-state index contributed by atoms with van der Waals surface area (Å²) in [5.74, 6) is -1.68. The summed E-state index contributed by atoms with van der Waals surface area (Å²) in [7, 11) is 0. The van der Waals surface area contributed by atoms with Crippen molar-refractivity contribution in [2.75, 3.05) is 13.1 Å². The zero-order valence-electron chi connectivity index (χ0n) is 11.9. The van der Waals surface area contributed by atoms with Gasteiger partial charge in [0, 0.05) is 24.7 Å². The van der Waals surface area contributed by atoms with Crippen molar-refractivity contribution < 1.29 is 13.6 Å². The molecule has 1 amide bonds. The van der Waals surface area contributed by atoms with Crippen LogP contribution in [-0.2, 0) is 0 Å². The Morgan fingerprint density at radius 1 is 1.19 bits per heavy atom. The van der Waals surface area contributed by atoms with Crippen LogP contribution in [0.15, 0.2) is 12.1 Å². The van der Waals surface area contributed by atoms with Crippen LogP contribution in [0.3, 0.4) is 0 Å². The lowest BCUT2D eigenvalue weighted by atomic mass is 10.1. The van der Waals surface area contributed by atoms with Crippen molar-refractivity contribution in [2.45, 2.75) is 38.3 Å². The van der Waals surface area contributed by atoms with Gasteiger partial charge in [-0.2, -0.15) is 0 Å². The summed E-state index contributed by atoms with van der Waals surface area (Å²) in [5, 5.41) is 3.30. The maximum Gasteiger partial charge on any atom is 0.257 e. The van der Waals surface area contributed by atoms with Crippen molar-refractivity contribution in [3.05, 3.63) is 34.9 Å². The number of carbonyl (C=O) groups excluding carboxylic acids is 1. The number of amides is 1. The molecule has 2 heterocycles. The molecule has 3 rings (SSSR count). The fourth-order valence-electron chi connectivity index (χ4n) is 3.27. The second-order valence-corrected chi connectivity index (χ2v) is 5.67. The highest BCUT2D eigenvalue weighted by molar-refractivity contribution is 5.95. The molecule has 2 fully saturated rings. The third-order valence-electron chi connectivity index (χ3n) is 4.37. The molecule has 1 aromatic rings. The Morgan fingerprint density at radius 2 is 1.90 bits per heavy atom. The summed E-state index contributed by atoms with van der Waals surface area (Å²) in [6, 6.07) is 2.43. The zero-order chi connectivity index (χ0) is 14.3. The minimum atomic E-state index is -0.769.